The van der Waals surface area contributed by atoms with Crippen LogP contribution in [0.1, 0.15) is 0 Å². The van der Waals surface area contributed by atoms with Crippen LogP contribution in [0, 0.1) is 0 Å². The molecule has 0 fully saturated rings. The van der Waals surface area contributed by atoms with E-state index in [1.165, 1.54) is 7.11 Å². The highest BCUT2D eigenvalue weighted by atomic mass is 16.5. The van der Waals surface area contributed by atoms with Crippen LogP contribution in [0.15, 0.2) is 0 Å². The molecule has 0 radical (unpaired) electrons. The van der Waals surface area contributed by atoms with Gasteiger partial charge >= 0.3 is 6.01 Å². The minimum absolute atomic E-state index is 0.0163. The number of hydrogen-bond acceptors (Lipinski definition) is 8. The highest BCUT2D eigenvalue weighted by Gasteiger charge is 2.12. The largest absolute Gasteiger partial charge is 0.467 e. The van der Waals surface area contributed by atoms with Gasteiger partial charge in [-0.3, -0.25) is 0 Å². The topological polar surface area (TPSA) is 107 Å². The maximum absolute atomic E-state index is 8.98. The second-order valence-corrected chi connectivity index (χ2v) is 3.18. The van der Waals surface area contributed by atoms with Crippen molar-refractivity contribution in [2.75, 3.05) is 51.2 Å². The number of aliphatic hydroxyl groups is 1. The first-order valence-electron chi connectivity index (χ1n) is 5.11. The third-order valence-corrected chi connectivity index (χ3v) is 2.02. The van der Waals surface area contributed by atoms with Crippen LogP contribution in [0.25, 0.3) is 0 Å². The molecule has 8 heteroatoms. The first kappa shape index (κ1) is 13.4. The van der Waals surface area contributed by atoms with Crippen molar-refractivity contribution in [3.8, 4) is 6.01 Å². The molecule has 1 rings (SSSR count). The van der Waals surface area contributed by atoms with Gasteiger partial charge in [-0.05, 0) is 0 Å². The Morgan fingerprint density at radius 1 is 1.24 bits per heavy atom. The van der Waals surface area contributed by atoms with Gasteiger partial charge in [-0.25, -0.2) is 0 Å². The fourth-order valence-electron chi connectivity index (χ4n) is 1.23. The van der Waals surface area contributed by atoms with Crippen molar-refractivity contribution >= 4 is 11.9 Å². The summed E-state index contributed by atoms with van der Waals surface area (Å²) >= 11 is 0. The zero-order chi connectivity index (χ0) is 12.7. The molecule has 0 aliphatic carbocycles. The van der Waals surface area contributed by atoms with Crippen LogP contribution < -0.4 is 15.4 Å². The molecule has 0 saturated carbocycles. The number of aromatic nitrogens is 3. The molecular formula is C9H17N5O3. The van der Waals surface area contributed by atoms with Crippen molar-refractivity contribution in [1.82, 2.24) is 15.0 Å². The molecule has 96 valence electrons. The molecule has 8 nitrogen and oxygen atoms in total. The summed E-state index contributed by atoms with van der Waals surface area (Å²) in [6.07, 6.45) is 0. The summed E-state index contributed by atoms with van der Waals surface area (Å²) in [6, 6.07) is 0.146. The molecule has 0 atom stereocenters. The molecule has 0 amide bonds. The third kappa shape index (κ3) is 4.00. The van der Waals surface area contributed by atoms with Crippen molar-refractivity contribution in [2.45, 2.75) is 0 Å². The number of aliphatic hydroxyl groups excluding tert-OH is 1. The molecule has 0 bridgehead atoms. The van der Waals surface area contributed by atoms with E-state index in [0.29, 0.717) is 25.6 Å². The fourth-order valence-corrected chi connectivity index (χ4v) is 1.23. The van der Waals surface area contributed by atoms with Gasteiger partial charge in [0.2, 0.25) is 11.9 Å². The number of nitrogens with two attached hydrogens (primary N) is 1. The molecule has 0 unspecified atom stereocenters. The lowest BCUT2D eigenvalue weighted by atomic mass is 10.5. The summed E-state index contributed by atoms with van der Waals surface area (Å²) in [7, 11) is 3.05. The van der Waals surface area contributed by atoms with E-state index in [-0.39, 0.29) is 18.6 Å². The Morgan fingerprint density at radius 3 is 2.59 bits per heavy atom. The lowest BCUT2D eigenvalue weighted by Crippen LogP contribution is -2.32. The minimum atomic E-state index is -0.0163. The van der Waals surface area contributed by atoms with Crippen molar-refractivity contribution < 1.29 is 14.6 Å². The predicted octanol–water partition coefficient (Wildman–Crippen LogP) is -1.09. The smallest absolute Gasteiger partial charge is 0.322 e. The molecule has 17 heavy (non-hydrogen) atoms. The summed E-state index contributed by atoms with van der Waals surface area (Å²) in [6.45, 7) is 1.41. The van der Waals surface area contributed by atoms with Gasteiger partial charge in [-0.1, -0.05) is 0 Å². The van der Waals surface area contributed by atoms with Crippen LogP contribution in [-0.4, -0.2) is 60.6 Å². The zero-order valence-electron chi connectivity index (χ0n) is 9.96. The Labute approximate surface area is 99.4 Å². The Bertz CT molecular complexity index is 349. The molecule has 0 aliphatic rings. The van der Waals surface area contributed by atoms with E-state index in [1.54, 1.807) is 12.0 Å². The highest BCUT2D eigenvalue weighted by Crippen LogP contribution is 2.12. The van der Waals surface area contributed by atoms with Gasteiger partial charge in [0, 0.05) is 20.2 Å². The van der Waals surface area contributed by atoms with Crippen molar-refractivity contribution in [3.05, 3.63) is 0 Å². The van der Waals surface area contributed by atoms with Crippen LogP contribution in [0.3, 0.4) is 0 Å². The van der Waals surface area contributed by atoms with E-state index in [4.69, 9.17) is 20.3 Å². The molecule has 0 spiro atoms. The van der Waals surface area contributed by atoms with E-state index in [2.05, 4.69) is 15.0 Å². The van der Waals surface area contributed by atoms with E-state index < -0.39 is 0 Å². The van der Waals surface area contributed by atoms with E-state index >= 15 is 0 Å². The molecule has 0 saturated heterocycles. The first-order valence-corrected chi connectivity index (χ1v) is 5.11. The third-order valence-electron chi connectivity index (χ3n) is 2.02. The van der Waals surface area contributed by atoms with Crippen molar-refractivity contribution in [3.63, 3.8) is 0 Å². The first-order chi connectivity index (χ1) is 8.21. The van der Waals surface area contributed by atoms with Crippen molar-refractivity contribution in [1.29, 1.82) is 0 Å². The average molecular weight is 243 g/mol. The normalized spacial score (nSPS) is 10.3. The molecule has 0 aliphatic heterocycles. The van der Waals surface area contributed by atoms with Gasteiger partial charge in [0.25, 0.3) is 0 Å². The van der Waals surface area contributed by atoms with Crippen LogP contribution in [0.4, 0.5) is 11.9 Å². The number of nitrogens with zero attached hydrogens (tertiary/aromatic N) is 4. The predicted molar refractivity (Wildman–Crippen MR) is 62.0 cm³/mol. The fraction of sp³-hybridized carbons (Fsp3) is 0.667. The summed E-state index contributed by atoms with van der Waals surface area (Å²) in [5.41, 5.74) is 5.53. The van der Waals surface area contributed by atoms with Gasteiger partial charge < -0.3 is 25.2 Å². The van der Waals surface area contributed by atoms with Gasteiger partial charge in [0.05, 0.1) is 20.3 Å². The number of anilines is 2. The maximum Gasteiger partial charge on any atom is 0.322 e. The summed E-state index contributed by atoms with van der Waals surface area (Å²) < 4.78 is 9.88. The Balaban J connectivity index is 2.87. The van der Waals surface area contributed by atoms with Gasteiger partial charge in [0.15, 0.2) is 0 Å². The Kier molecular flexibility index (Phi) is 5.37. The highest BCUT2D eigenvalue weighted by molar-refractivity contribution is 5.35. The lowest BCUT2D eigenvalue weighted by molar-refractivity contribution is 0.202. The monoisotopic (exact) mass is 243 g/mol. The quantitative estimate of drug-likeness (QED) is 0.622. The average Bonchev–Trinajstić information content (AvgIpc) is 2.33. The van der Waals surface area contributed by atoms with Crippen LogP contribution in [0.5, 0.6) is 6.01 Å². The van der Waals surface area contributed by atoms with Crippen LogP contribution in [-0.2, 0) is 4.74 Å². The number of methoxy groups -OCH3 is 2. The van der Waals surface area contributed by atoms with Crippen molar-refractivity contribution in [2.24, 2.45) is 0 Å². The number of hydrogen-bond donors (Lipinski definition) is 2. The molecular weight excluding hydrogens is 226 g/mol. The minimum Gasteiger partial charge on any atom is -0.467 e. The molecule has 1 aromatic heterocycles. The van der Waals surface area contributed by atoms with E-state index in [9.17, 15) is 0 Å². The second kappa shape index (κ2) is 6.81. The standard InChI is InChI=1S/C9H17N5O3/c1-16-6-4-14(3-5-15)8-11-7(10)12-9(13-8)17-2/h15H,3-6H2,1-2H3,(H2,10,11,12,13). The second-order valence-electron chi connectivity index (χ2n) is 3.18. The summed E-state index contributed by atoms with van der Waals surface area (Å²) in [5.74, 6) is 0.438. The molecule has 0 aromatic carbocycles. The molecule has 3 N–H and O–H groups in total. The van der Waals surface area contributed by atoms with Gasteiger partial charge in [0.1, 0.15) is 0 Å². The molecule has 1 aromatic rings. The number of nitrogen functional groups attached to an aromatic ring is 1. The van der Waals surface area contributed by atoms with Crippen LogP contribution in [0.2, 0.25) is 0 Å². The lowest BCUT2D eigenvalue weighted by Gasteiger charge is -2.21. The van der Waals surface area contributed by atoms with Gasteiger partial charge in [-0.2, -0.15) is 15.0 Å². The maximum atomic E-state index is 8.98. The number of rotatable bonds is 7. The Morgan fingerprint density at radius 2 is 2.00 bits per heavy atom. The van der Waals surface area contributed by atoms with Crippen LogP contribution >= 0.6 is 0 Å². The zero-order valence-corrected chi connectivity index (χ0v) is 9.96. The summed E-state index contributed by atoms with van der Waals surface area (Å²) in [4.78, 5) is 13.6. The summed E-state index contributed by atoms with van der Waals surface area (Å²) in [5, 5.41) is 8.98. The van der Waals surface area contributed by atoms with E-state index in [1.807, 2.05) is 0 Å². The SMILES string of the molecule is COCCN(CCO)c1nc(N)nc(OC)n1. The molecule has 1 heterocycles. The number of ether oxygens (including phenoxy) is 2. The van der Waals surface area contributed by atoms with Gasteiger partial charge in [-0.15, -0.1) is 0 Å². The van der Waals surface area contributed by atoms with E-state index in [0.717, 1.165) is 0 Å². The Hall–Kier alpha value is -1.67.